The van der Waals surface area contributed by atoms with Gasteiger partial charge < -0.3 is 14.8 Å². The van der Waals surface area contributed by atoms with Crippen LogP contribution in [0.15, 0.2) is 22.7 Å². The van der Waals surface area contributed by atoms with Gasteiger partial charge in [-0.25, -0.2) is 4.39 Å². The Hall–Kier alpha value is -0.490. The van der Waals surface area contributed by atoms with Crippen LogP contribution in [-0.2, 0) is 16.0 Å². The van der Waals surface area contributed by atoms with Crippen LogP contribution in [-0.4, -0.2) is 25.0 Å². The van der Waals surface area contributed by atoms with Gasteiger partial charge in [-0.3, -0.25) is 0 Å². The Morgan fingerprint density at radius 1 is 1.50 bits per heavy atom. The van der Waals surface area contributed by atoms with Crippen LogP contribution in [0.1, 0.15) is 19.4 Å². The largest absolute Gasteiger partial charge is 0.348 e. The molecule has 100 valence electrons. The molecule has 1 N–H and O–H groups in total. The van der Waals surface area contributed by atoms with Crippen molar-refractivity contribution in [2.24, 2.45) is 0 Å². The number of halogens is 2. The van der Waals surface area contributed by atoms with Crippen molar-refractivity contribution < 1.29 is 13.9 Å². The summed E-state index contributed by atoms with van der Waals surface area (Å²) in [5.41, 5.74) is 1.03. The SMILES string of the molecule is CC1(C)OCC(CNCc2ccc(F)c(Br)c2)O1. The lowest BCUT2D eigenvalue weighted by atomic mass is 10.2. The van der Waals surface area contributed by atoms with Gasteiger partial charge >= 0.3 is 0 Å². The van der Waals surface area contributed by atoms with Crippen LogP contribution in [0.25, 0.3) is 0 Å². The fraction of sp³-hybridized carbons (Fsp3) is 0.538. The lowest BCUT2D eigenvalue weighted by Crippen LogP contribution is -2.30. The quantitative estimate of drug-likeness (QED) is 0.926. The molecular formula is C13H17BrFNO2. The molecule has 3 nitrogen and oxygen atoms in total. The van der Waals surface area contributed by atoms with Gasteiger partial charge in [0, 0.05) is 13.1 Å². The molecule has 0 aliphatic carbocycles. The lowest BCUT2D eigenvalue weighted by molar-refractivity contribution is -0.137. The zero-order valence-electron chi connectivity index (χ0n) is 10.5. The minimum absolute atomic E-state index is 0.0730. The second-order valence-corrected chi connectivity index (χ2v) is 5.68. The Labute approximate surface area is 115 Å². The number of ether oxygens (including phenoxy) is 2. The third-order valence-corrected chi connectivity index (χ3v) is 3.36. The van der Waals surface area contributed by atoms with Crippen molar-refractivity contribution in [3.05, 3.63) is 34.1 Å². The van der Waals surface area contributed by atoms with Gasteiger partial charge in [-0.15, -0.1) is 0 Å². The lowest BCUT2D eigenvalue weighted by Gasteiger charge is -2.17. The van der Waals surface area contributed by atoms with Gasteiger partial charge in [-0.1, -0.05) is 6.07 Å². The Balaban J connectivity index is 1.77. The van der Waals surface area contributed by atoms with Crippen LogP contribution in [0.2, 0.25) is 0 Å². The minimum Gasteiger partial charge on any atom is -0.348 e. The molecule has 0 aromatic heterocycles. The third-order valence-electron chi connectivity index (χ3n) is 2.75. The Morgan fingerprint density at radius 3 is 2.89 bits per heavy atom. The summed E-state index contributed by atoms with van der Waals surface area (Å²) < 4.78 is 24.7. The van der Waals surface area contributed by atoms with E-state index < -0.39 is 5.79 Å². The van der Waals surface area contributed by atoms with E-state index in [1.54, 1.807) is 12.1 Å². The maximum absolute atomic E-state index is 13.0. The molecule has 1 atom stereocenters. The summed E-state index contributed by atoms with van der Waals surface area (Å²) in [6.45, 7) is 5.82. The molecule has 1 aliphatic rings. The predicted molar refractivity (Wildman–Crippen MR) is 70.7 cm³/mol. The number of hydrogen-bond acceptors (Lipinski definition) is 3. The first-order chi connectivity index (χ1) is 8.46. The van der Waals surface area contributed by atoms with E-state index in [1.807, 2.05) is 13.8 Å². The van der Waals surface area contributed by atoms with Crippen molar-refractivity contribution in [1.29, 1.82) is 0 Å². The van der Waals surface area contributed by atoms with Gasteiger partial charge in [0.2, 0.25) is 0 Å². The molecule has 1 unspecified atom stereocenters. The van der Waals surface area contributed by atoms with Gasteiger partial charge in [0.25, 0.3) is 0 Å². The third kappa shape index (κ3) is 3.75. The van der Waals surface area contributed by atoms with Gasteiger partial charge in [0.05, 0.1) is 17.2 Å². The highest BCUT2D eigenvalue weighted by molar-refractivity contribution is 9.10. The van der Waals surface area contributed by atoms with E-state index in [9.17, 15) is 4.39 Å². The summed E-state index contributed by atoms with van der Waals surface area (Å²) in [5.74, 6) is -0.723. The molecule has 0 radical (unpaired) electrons. The molecule has 1 aliphatic heterocycles. The zero-order chi connectivity index (χ0) is 13.2. The monoisotopic (exact) mass is 317 g/mol. The Kier molecular flexibility index (Phi) is 4.37. The number of hydrogen-bond donors (Lipinski definition) is 1. The van der Waals surface area contributed by atoms with Crippen LogP contribution in [0.5, 0.6) is 0 Å². The zero-order valence-corrected chi connectivity index (χ0v) is 12.1. The average Bonchev–Trinajstić information content (AvgIpc) is 2.63. The van der Waals surface area contributed by atoms with Gasteiger partial charge in [0.15, 0.2) is 5.79 Å². The fourth-order valence-corrected chi connectivity index (χ4v) is 2.32. The predicted octanol–water partition coefficient (Wildman–Crippen LogP) is 2.83. The van der Waals surface area contributed by atoms with E-state index >= 15 is 0 Å². The first kappa shape index (κ1) is 13.9. The fourth-order valence-electron chi connectivity index (χ4n) is 1.89. The molecule has 0 saturated carbocycles. The molecule has 1 aromatic rings. The first-order valence-electron chi connectivity index (χ1n) is 5.93. The average molecular weight is 318 g/mol. The number of nitrogens with one attached hydrogen (secondary N) is 1. The summed E-state index contributed by atoms with van der Waals surface area (Å²) in [5, 5.41) is 3.28. The smallest absolute Gasteiger partial charge is 0.163 e. The molecule has 1 heterocycles. The minimum atomic E-state index is -0.481. The van der Waals surface area contributed by atoms with Crippen molar-refractivity contribution in [3.8, 4) is 0 Å². The van der Waals surface area contributed by atoms with E-state index in [4.69, 9.17) is 9.47 Å². The molecule has 18 heavy (non-hydrogen) atoms. The van der Waals surface area contributed by atoms with E-state index in [0.29, 0.717) is 17.6 Å². The summed E-state index contributed by atoms with van der Waals surface area (Å²) in [6, 6.07) is 5.00. The first-order valence-corrected chi connectivity index (χ1v) is 6.72. The van der Waals surface area contributed by atoms with E-state index in [1.165, 1.54) is 6.07 Å². The number of benzene rings is 1. The van der Waals surface area contributed by atoms with Crippen molar-refractivity contribution in [2.45, 2.75) is 32.3 Å². The molecular weight excluding hydrogens is 301 g/mol. The van der Waals surface area contributed by atoms with Gasteiger partial charge in [-0.05, 0) is 47.5 Å². The normalized spacial score (nSPS) is 22.3. The molecule has 1 fully saturated rings. The molecule has 0 spiro atoms. The molecule has 0 bridgehead atoms. The van der Waals surface area contributed by atoms with E-state index in [0.717, 1.165) is 12.1 Å². The second-order valence-electron chi connectivity index (χ2n) is 4.83. The Morgan fingerprint density at radius 2 is 2.28 bits per heavy atom. The van der Waals surface area contributed by atoms with Crippen molar-refractivity contribution in [3.63, 3.8) is 0 Å². The molecule has 5 heteroatoms. The van der Waals surface area contributed by atoms with Crippen LogP contribution in [0.3, 0.4) is 0 Å². The van der Waals surface area contributed by atoms with Gasteiger partial charge in [-0.2, -0.15) is 0 Å². The summed E-state index contributed by atoms with van der Waals surface area (Å²) in [4.78, 5) is 0. The maximum atomic E-state index is 13.0. The van der Waals surface area contributed by atoms with Gasteiger partial charge in [0.1, 0.15) is 5.82 Å². The molecule has 1 saturated heterocycles. The highest BCUT2D eigenvalue weighted by atomic mass is 79.9. The van der Waals surface area contributed by atoms with Crippen molar-refractivity contribution >= 4 is 15.9 Å². The van der Waals surface area contributed by atoms with Crippen molar-refractivity contribution in [1.82, 2.24) is 5.32 Å². The van der Waals surface area contributed by atoms with Crippen LogP contribution >= 0.6 is 15.9 Å². The topological polar surface area (TPSA) is 30.5 Å². The molecule has 0 amide bonds. The van der Waals surface area contributed by atoms with E-state index in [2.05, 4.69) is 21.2 Å². The molecule has 1 aromatic carbocycles. The summed E-state index contributed by atoms with van der Waals surface area (Å²) in [7, 11) is 0. The summed E-state index contributed by atoms with van der Waals surface area (Å²) in [6.07, 6.45) is 0.0730. The van der Waals surface area contributed by atoms with Crippen LogP contribution in [0.4, 0.5) is 4.39 Å². The van der Waals surface area contributed by atoms with Crippen LogP contribution in [0, 0.1) is 5.82 Å². The van der Waals surface area contributed by atoms with E-state index in [-0.39, 0.29) is 11.9 Å². The highest BCUT2D eigenvalue weighted by Gasteiger charge is 2.32. The summed E-state index contributed by atoms with van der Waals surface area (Å²) >= 11 is 3.17. The maximum Gasteiger partial charge on any atom is 0.163 e. The number of rotatable bonds is 4. The highest BCUT2D eigenvalue weighted by Crippen LogP contribution is 2.22. The second kappa shape index (κ2) is 5.65. The van der Waals surface area contributed by atoms with Crippen molar-refractivity contribution in [2.75, 3.05) is 13.2 Å². The standard InChI is InChI=1S/C13H17BrFNO2/c1-13(2)17-8-10(18-13)7-16-6-9-3-4-12(15)11(14)5-9/h3-5,10,16H,6-8H2,1-2H3. The molecule has 2 rings (SSSR count). The Bertz CT molecular complexity index is 425. The van der Waals surface area contributed by atoms with Crippen LogP contribution < -0.4 is 5.32 Å².